The van der Waals surface area contributed by atoms with Crippen LogP contribution in [0.4, 0.5) is 0 Å². The van der Waals surface area contributed by atoms with Gasteiger partial charge in [-0.15, -0.1) is 0 Å². The predicted octanol–water partition coefficient (Wildman–Crippen LogP) is 2.27. The molecule has 1 unspecified atom stereocenters. The predicted molar refractivity (Wildman–Crippen MR) is 69.4 cm³/mol. The van der Waals surface area contributed by atoms with Crippen LogP contribution in [0, 0.1) is 0 Å². The highest BCUT2D eigenvalue weighted by atomic mass is 16.3. The van der Waals surface area contributed by atoms with Crippen LogP contribution in [-0.2, 0) is 11.2 Å². The number of aliphatic hydroxyl groups excluding tert-OH is 1. The van der Waals surface area contributed by atoms with E-state index in [0.717, 1.165) is 5.69 Å². The van der Waals surface area contributed by atoms with Gasteiger partial charge in [-0.25, -0.2) is 0 Å². The summed E-state index contributed by atoms with van der Waals surface area (Å²) in [6.45, 7) is 1.81. The largest absolute Gasteiger partial charge is 0.385 e. The molecular formula is C14H22N2O2. The zero-order chi connectivity index (χ0) is 13.0. The fourth-order valence-corrected chi connectivity index (χ4v) is 2.54. The molecule has 1 heterocycles. The lowest BCUT2D eigenvalue weighted by Gasteiger charge is -2.21. The van der Waals surface area contributed by atoms with E-state index in [2.05, 4.69) is 5.10 Å². The topological polar surface area (TPSA) is 55.1 Å². The number of aliphatic hydroxyl groups is 1. The zero-order valence-electron chi connectivity index (χ0n) is 11.0. The summed E-state index contributed by atoms with van der Waals surface area (Å²) in [6.07, 6.45) is 8.09. The Bertz CT molecular complexity index is 394. The molecule has 1 aliphatic carbocycles. The second kappa shape index (κ2) is 6.14. The minimum atomic E-state index is -0.843. The molecule has 1 atom stereocenters. The minimum absolute atomic E-state index is 0.133. The lowest BCUT2D eigenvalue weighted by molar-refractivity contribution is -0.126. The number of carbonyl (C=O) groups excluding carboxylic acids is 1. The van der Waals surface area contributed by atoms with E-state index in [4.69, 9.17) is 0 Å². The van der Waals surface area contributed by atoms with Crippen molar-refractivity contribution in [1.29, 1.82) is 0 Å². The number of hydrogen-bond acceptors (Lipinski definition) is 3. The van der Waals surface area contributed by atoms with E-state index in [-0.39, 0.29) is 12.2 Å². The Morgan fingerprint density at radius 1 is 1.50 bits per heavy atom. The zero-order valence-corrected chi connectivity index (χ0v) is 11.0. The van der Waals surface area contributed by atoms with Gasteiger partial charge in [-0.2, -0.15) is 5.10 Å². The number of ketones is 1. The SMILES string of the molecule is CCC(O)C(=O)Cc1ccn(C2CCCCC2)n1. The Balaban J connectivity index is 1.95. The molecule has 1 aliphatic rings. The highest BCUT2D eigenvalue weighted by molar-refractivity contribution is 5.84. The van der Waals surface area contributed by atoms with E-state index < -0.39 is 6.10 Å². The van der Waals surface area contributed by atoms with Crippen LogP contribution in [0.15, 0.2) is 12.3 Å². The Morgan fingerprint density at radius 3 is 2.89 bits per heavy atom. The second-order valence-electron chi connectivity index (χ2n) is 5.15. The molecule has 4 heteroatoms. The molecule has 0 amide bonds. The van der Waals surface area contributed by atoms with Gasteiger partial charge in [-0.1, -0.05) is 26.2 Å². The maximum atomic E-state index is 11.6. The van der Waals surface area contributed by atoms with Gasteiger partial charge in [-0.05, 0) is 25.3 Å². The first-order valence-corrected chi connectivity index (χ1v) is 6.95. The number of aromatic nitrogens is 2. The monoisotopic (exact) mass is 250 g/mol. The molecule has 1 N–H and O–H groups in total. The van der Waals surface area contributed by atoms with E-state index in [1.165, 1.54) is 32.1 Å². The summed E-state index contributed by atoms with van der Waals surface area (Å²) in [4.78, 5) is 11.6. The fourth-order valence-electron chi connectivity index (χ4n) is 2.54. The summed E-state index contributed by atoms with van der Waals surface area (Å²) in [5.74, 6) is -0.133. The van der Waals surface area contributed by atoms with Crippen molar-refractivity contribution < 1.29 is 9.90 Å². The number of nitrogens with zero attached hydrogens (tertiary/aromatic N) is 2. The molecule has 1 aromatic rings. The first-order chi connectivity index (χ1) is 8.70. The minimum Gasteiger partial charge on any atom is -0.385 e. The third kappa shape index (κ3) is 3.19. The van der Waals surface area contributed by atoms with Crippen LogP contribution in [0.1, 0.15) is 57.2 Å². The molecule has 0 aromatic carbocycles. The quantitative estimate of drug-likeness (QED) is 0.872. The van der Waals surface area contributed by atoms with Gasteiger partial charge in [0.15, 0.2) is 5.78 Å². The molecule has 0 aliphatic heterocycles. The molecule has 0 radical (unpaired) electrons. The van der Waals surface area contributed by atoms with E-state index in [1.54, 1.807) is 0 Å². The smallest absolute Gasteiger partial charge is 0.167 e. The van der Waals surface area contributed by atoms with Crippen molar-refractivity contribution in [3.05, 3.63) is 18.0 Å². The average molecular weight is 250 g/mol. The number of carbonyl (C=O) groups is 1. The maximum absolute atomic E-state index is 11.6. The molecule has 2 rings (SSSR count). The van der Waals surface area contributed by atoms with Crippen molar-refractivity contribution >= 4 is 5.78 Å². The van der Waals surface area contributed by atoms with Crippen molar-refractivity contribution in [2.45, 2.75) is 64.0 Å². The standard InChI is InChI=1S/C14H22N2O2/c1-2-13(17)14(18)10-11-8-9-16(15-11)12-6-4-3-5-7-12/h8-9,12-13,17H,2-7,10H2,1H3. The first kappa shape index (κ1) is 13.3. The van der Waals surface area contributed by atoms with Gasteiger partial charge in [0.25, 0.3) is 0 Å². The molecule has 1 saturated carbocycles. The molecule has 1 fully saturated rings. The van der Waals surface area contributed by atoms with Crippen molar-refractivity contribution in [3.63, 3.8) is 0 Å². The highest BCUT2D eigenvalue weighted by Gasteiger charge is 2.18. The van der Waals surface area contributed by atoms with E-state index in [1.807, 2.05) is 23.9 Å². The lowest BCUT2D eigenvalue weighted by Crippen LogP contribution is -2.21. The van der Waals surface area contributed by atoms with Crippen molar-refractivity contribution in [1.82, 2.24) is 9.78 Å². The second-order valence-corrected chi connectivity index (χ2v) is 5.15. The Hall–Kier alpha value is -1.16. The lowest BCUT2D eigenvalue weighted by atomic mass is 9.96. The summed E-state index contributed by atoms with van der Waals surface area (Å²) in [7, 11) is 0. The Labute approximate surface area is 108 Å². The summed E-state index contributed by atoms with van der Waals surface area (Å²) in [6, 6.07) is 2.40. The van der Waals surface area contributed by atoms with E-state index in [0.29, 0.717) is 12.5 Å². The summed E-state index contributed by atoms with van der Waals surface area (Å²) in [5.41, 5.74) is 0.776. The molecule has 1 aromatic heterocycles. The molecule has 100 valence electrons. The van der Waals surface area contributed by atoms with Crippen LogP contribution >= 0.6 is 0 Å². The Kier molecular flexibility index (Phi) is 4.53. The molecule has 0 saturated heterocycles. The number of hydrogen-bond donors (Lipinski definition) is 1. The molecular weight excluding hydrogens is 228 g/mol. The summed E-state index contributed by atoms with van der Waals surface area (Å²) in [5, 5.41) is 13.9. The molecule has 0 spiro atoms. The van der Waals surface area contributed by atoms with Crippen molar-refractivity contribution in [2.75, 3.05) is 0 Å². The average Bonchev–Trinajstić information content (AvgIpc) is 2.87. The summed E-state index contributed by atoms with van der Waals surface area (Å²) < 4.78 is 2.00. The fraction of sp³-hybridized carbons (Fsp3) is 0.714. The van der Waals surface area contributed by atoms with Gasteiger partial charge in [-0.3, -0.25) is 9.48 Å². The van der Waals surface area contributed by atoms with Crippen molar-refractivity contribution in [3.8, 4) is 0 Å². The van der Waals surface area contributed by atoms with Gasteiger partial charge in [0.1, 0.15) is 6.10 Å². The van der Waals surface area contributed by atoms with E-state index >= 15 is 0 Å². The van der Waals surface area contributed by atoms with Crippen LogP contribution < -0.4 is 0 Å². The maximum Gasteiger partial charge on any atom is 0.167 e. The van der Waals surface area contributed by atoms with Crippen molar-refractivity contribution in [2.24, 2.45) is 0 Å². The van der Waals surface area contributed by atoms with Crippen LogP contribution in [0.25, 0.3) is 0 Å². The Morgan fingerprint density at radius 2 is 2.22 bits per heavy atom. The summed E-state index contributed by atoms with van der Waals surface area (Å²) >= 11 is 0. The first-order valence-electron chi connectivity index (χ1n) is 6.95. The van der Waals surface area contributed by atoms with Crippen LogP contribution in [-0.4, -0.2) is 26.8 Å². The number of Topliss-reactive ketones (excluding diaryl/α,β-unsaturated/α-hetero) is 1. The number of rotatable bonds is 5. The van der Waals surface area contributed by atoms with Gasteiger partial charge < -0.3 is 5.11 Å². The molecule has 0 bridgehead atoms. The van der Waals surface area contributed by atoms with Gasteiger partial charge in [0, 0.05) is 6.20 Å². The van der Waals surface area contributed by atoms with Gasteiger partial charge in [0.05, 0.1) is 18.2 Å². The van der Waals surface area contributed by atoms with E-state index in [9.17, 15) is 9.90 Å². The van der Waals surface area contributed by atoms with Crippen LogP contribution in [0.2, 0.25) is 0 Å². The van der Waals surface area contributed by atoms with Gasteiger partial charge >= 0.3 is 0 Å². The van der Waals surface area contributed by atoms with Crippen LogP contribution in [0.5, 0.6) is 0 Å². The highest BCUT2D eigenvalue weighted by Crippen LogP contribution is 2.27. The van der Waals surface area contributed by atoms with Crippen LogP contribution in [0.3, 0.4) is 0 Å². The van der Waals surface area contributed by atoms with Gasteiger partial charge in [0.2, 0.25) is 0 Å². The molecule has 18 heavy (non-hydrogen) atoms. The molecule has 4 nitrogen and oxygen atoms in total. The third-order valence-electron chi connectivity index (χ3n) is 3.73. The normalized spacial score (nSPS) is 18.8. The third-order valence-corrected chi connectivity index (χ3v) is 3.73.